The molecule has 0 aromatic carbocycles. The molecule has 0 spiro atoms. The van der Waals surface area contributed by atoms with E-state index < -0.39 is 0 Å². The zero-order valence-electron chi connectivity index (χ0n) is 13.8. The van der Waals surface area contributed by atoms with Crippen molar-refractivity contribution >= 4 is 0 Å². The molecule has 4 unspecified atom stereocenters. The average molecular weight is 280 g/mol. The van der Waals surface area contributed by atoms with Crippen molar-refractivity contribution in [3.8, 4) is 0 Å². The van der Waals surface area contributed by atoms with E-state index in [2.05, 4.69) is 18.9 Å². The predicted octanol–water partition coefficient (Wildman–Crippen LogP) is 4.18. The predicted molar refractivity (Wildman–Crippen MR) is 87.8 cm³/mol. The third-order valence-corrected chi connectivity index (χ3v) is 6.03. The van der Waals surface area contributed by atoms with Crippen molar-refractivity contribution < 1.29 is 0 Å². The summed E-state index contributed by atoms with van der Waals surface area (Å²) in [6.45, 7) is 3.22. The van der Waals surface area contributed by atoms with Crippen LogP contribution in [0.25, 0.3) is 0 Å². The molecule has 0 amide bonds. The van der Waals surface area contributed by atoms with Gasteiger partial charge < -0.3 is 10.6 Å². The van der Waals surface area contributed by atoms with Crippen molar-refractivity contribution in [2.75, 3.05) is 13.6 Å². The van der Waals surface area contributed by atoms with Gasteiger partial charge in [-0.3, -0.25) is 0 Å². The molecule has 2 aliphatic rings. The van der Waals surface area contributed by atoms with Crippen LogP contribution in [0, 0.1) is 11.8 Å². The molecule has 118 valence electrons. The average Bonchev–Trinajstić information content (AvgIpc) is 2.72. The van der Waals surface area contributed by atoms with Gasteiger partial charge >= 0.3 is 0 Å². The van der Waals surface area contributed by atoms with E-state index in [0.717, 1.165) is 30.5 Å². The van der Waals surface area contributed by atoms with Crippen molar-refractivity contribution in [1.29, 1.82) is 0 Å². The fraction of sp³-hybridized carbons (Fsp3) is 1.00. The lowest BCUT2D eigenvalue weighted by atomic mass is 9.82. The number of hydrogen-bond donors (Lipinski definition) is 1. The van der Waals surface area contributed by atoms with Gasteiger partial charge in [-0.25, -0.2) is 0 Å². The highest BCUT2D eigenvalue weighted by molar-refractivity contribution is 4.87. The Kier molecular flexibility index (Phi) is 6.83. The van der Waals surface area contributed by atoms with Gasteiger partial charge in [0.2, 0.25) is 0 Å². The Balaban J connectivity index is 1.89. The molecule has 0 radical (unpaired) electrons. The molecular formula is C18H36N2. The maximum Gasteiger partial charge on any atom is 0.0135 e. The van der Waals surface area contributed by atoms with Gasteiger partial charge in [-0.2, -0.15) is 0 Å². The molecule has 2 aliphatic carbocycles. The van der Waals surface area contributed by atoms with E-state index >= 15 is 0 Å². The maximum atomic E-state index is 6.03. The molecular weight excluding hydrogens is 244 g/mol. The molecule has 4 atom stereocenters. The van der Waals surface area contributed by atoms with Crippen LogP contribution < -0.4 is 5.73 Å². The summed E-state index contributed by atoms with van der Waals surface area (Å²) in [6, 6.07) is 1.59. The standard InChI is InChI=1S/C18H36N2/c1-3-7-15-8-6-10-17(13-12-15)20(2)18-11-5-4-9-16(18)14-19/h15-18H,3-14,19H2,1-2H3. The van der Waals surface area contributed by atoms with Gasteiger partial charge in [-0.15, -0.1) is 0 Å². The van der Waals surface area contributed by atoms with E-state index in [4.69, 9.17) is 5.73 Å². The molecule has 0 aliphatic heterocycles. The fourth-order valence-electron chi connectivity index (χ4n) is 4.73. The first-order valence-corrected chi connectivity index (χ1v) is 9.18. The topological polar surface area (TPSA) is 29.3 Å². The summed E-state index contributed by atoms with van der Waals surface area (Å²) in [7, 11) is 2.39. The van der Waals surface area contributed by atoms with E-state index in [1.165, 1.54) is 70.6 Å². The van der Waals surface area contributed by atoms with Crippen LogP contribution >= 0.6 is 0 Å². The quantitative estimate of drug-likeness (QED) is 0.765. The first kappa shape index (κ1) is 16.3. The zero-order valence-corrected chi connectivity index (χ0v) is 13.8. The molecule has 2 saturated carbocycles. The Hall–Kier alpha value is -0.0800. The largest absolute Gasteiger partial charge is 0.330 e. The normalized spacial score (nSPS) is 36.0. The van der Waals surface area contributed by atoms with Crippen LogP contribution in [-0.2, 0) is 0 Å². The molecule has 2 nitrogen and oxygen atoms in total. The van der Waals surface area contributed by atoms with Crippen molar-refractivity contribution in [1.82, 2.24) is 4.90 Å². The van der Waals surface area contributed by atoms with Crippen LogP contribution in [0.5, 0.6) is 0 Å². The Morgan fingerprint density at radius 1 is 0.950 bits per heavy atom. The lowest BCUT2D eigenvalue weighted by Crippen LogP contribution is -2.47. The highest BCUT2D eigenvalue weighted by Gasteiger charge is 2.31. The third kappa shape index (κ3) is 4.21. The molecule has 0 aromatic heterocycles. The van der Waals surface area contributed by atoms with Crippen LogP contribution in [0.4, 0.5) is 0 Å². The molecule has 2 rings (SSSR count). The summed E-state index contributed by atoms with van der Waals surface area (Å²) < 4.78 is 0. The zero-order chi connectivity index (χ0) is 14.4. The number of nitrogens with zero attached hydrogens (tertiary/aromatic N) is 1. The highest BCUT2D eigenvalue weighted by atomic mass is 15.2. The molecule has 0 bridgehead atoms. The second kappa shape index (κ2) is 8.38. The van der Waals surface area contributed by atoms with Gasteiger partial charge in [0.25, 0.3) is 0 Å². The van der Waals surface area contributed by atoms with E-state index in [1.54, 1.807) is 0 Å². The van der Waals surface area contributed by atoms with Gasteiger partial charge in [0.05, 0.1) is 0 Å². The number of nitrogens with two attached hydrogens (primary N) is 1. The van der Waals surface area contributed by atoms with Crippen LogP contribution in [0.2, 0.25) is 0 Å². The SMILES string of the molecule is CCCC1CCCC(N(C)C2CCCCC2CN)CC1. The van der Waals surface area contributed by atoms with Crippen LogP contribution in [0.3, 0.4) is 0 Å². The summed E-state index contributed by atoms with van der Waals surface area (Å²) in [5, 5.41) is 0. The Morgan fingerprint density at radius 2 is 1.75 bits per heavy atom. The molecule has 0 heterocycles. The first-order valence-electron chi connectivity index (χ1n) is 9.18. The number of rotatable bonds is 5. The maximum absolute atomic E-state index is 6.03. The van der Waals surface area contributed by atoms with E-state index in [9.17, 15) is 0 Å². The smallest absolute Gasteiger partial charge is 0.0135 e. The van der Waals surface area contributed by atoms with Gasteiger partial charge in [-0.05, 0) is 57.5 Å². The van der Waals surface area contributed by atoms with Gasteiger partial charge in [0, 0.05) is 12.1 Å². The third-order valence-electron chi connectivity index (χ3n) is 6.03. The van der Waals surface area contributed by atoms with Crippen molar-refractivity contribution in [3.63, 3.8) is 0 Å². The van der Waals surface area contributed by atoms with E-state index in [-0.39, 0.29) is 0 Å². The number of hydrogen-bond acceptors (Lipinski definition) is 2. The monoisotopic (exact) mass is 280 g/mol. The Morgan fingerprint density at radius 3 is 2.50 bits per heavy atom. The molecule has 2 fully saturated rings. The lowest BCUT2D eigenvalue weighted by molar-refractivity contribution is 0.0838. The van der Waals surface area contributed by atoms with Crippen LogP contribution in [-0.4, -0.2) is 30.6 Å². The summed E-state index contributed by atoms with van der Waals surface area (Å²) in [4.78, 5) is 2.74. The summed E-state index contributed by atoms with van der Waals surface area (Å²) in [6.07, 6.45) is 15.6. The Bertz CT molecular complexity index is 266. The van der Waals surface area contributed by atoms with E-state index in [1.807, 2.05) is 0 Å². The van der Waals surface area contributed by atoms with Crippen molar-refractivity contribution in [2.45, 2.75) is 89.6 Å². The fourth-order valence-corrected chi connectivity index (χ4v) is 4.73. The molecule has 0 saturated heterocycles. The molecule has 2 N–H and O–H groups in total. The Labute approximate surface area is 126 Å². The summed E-state index contributed by atoms with van der Waals surface area (Å²) >= 11 is 0. The second-order valence-corrected chi connectivity index (χ2v) is 7.33. The summed E-state index contributed by atoms with van der Waals surface area (Å²) in [5.74, 6) is 1.76. The molecule has 20 heavy (non-hydrogen) atoms. The first-order chi connectivity index (χ1) is 9.76. The van der Waals surface area contributed by atoms with Crippen molar-refractivity contribution in [3.05, 3.63) is 0 Å². The van der Waals surface area contributed by atoms with Crippen molar-refractivity contribution in [2.24, 2.45) is 17.6 Å². The van der Waals surface area contributed by atoms with Gasteiger partial charge in [0.15, 0.2) is 0 Å². The van der Waals surface area contributed by atoms with Gasteiger partial charge in [-0.1, -0.05) is 45.4 Å². The van der Waals surface area contributed by atoms with Crippen LogP contribution in [0.15, 0.2) is 0 Å². The second-order valence-electron chi connectivity index (χ2n) is 7.33. The highest BCUT2D eigenvalue weighted by Crippen LogP contribution is 2.33. The van der Waals surface area contributed by atoms with Gasteiger partial charge in [0.1, 0.15) is 0 Å². The minimum absolute atomic E-state index is 0.753. The minimum Gasteiger partial charge on any atom is -0.330 e. The lowest BCUT2D eigenvalue weighted by Gasteiger charge is -2.41. The molecule has 0 aromatic rings. The minimum atomic E-state index is 0.753. The van der Waals surface area contributed by atoms with E-state index in [0.29, 0.717) is 0 Å². The van der Waals surface area contributed by atoms with Crippen LogP contribution in [0.1, 0.15) is 77.6 Å². The molecule has 2 heteroatoms. The summed E-state index contributed by atoms with van der Waals surface area (Å²) in [5.41, 5.74) is 6.03.